The van der Waals surface area contributed by atoms with E-state index in [0.29, 0.717) is 5.92 Å². The zero-order valence-electron chi connectivity index (χ0n) is 8.16. The van der Waals surface area contributed by atoms with Crippen LogP contribution in [0.4, 0.5) is 0 Å². The van der Waals surface area contributed by atoms with Gasteiger partial charge < -0.3 is 0 Å². The highest BCUT2D eigenvalue weighted by atomic mass is 14.8. The summed E-state index contributed by atoms with van der Waals surface area (Å²) in [5.41, 5.74) is 2.38. The van der Waals surface area contributed by atoms with Gasteiger partial charge in [-0.05, 0) is 25.7 Å². The Morgan fingerprint density at radius 3 is 3.23 bits per heavy atom. The molecule has 2 aliphatic rings. The maximum Gasteiger partial charge on any atom is 0.0799 e. The molecule has 0 saturated carbocycles. The molecule has 1 unspecified atom stereocenters. The maximum absolute atomic E-state index is 4.57. The number of hydrogen-bond acceptors (Lipinski definition) is 2. The summed E-state index contributed by atoms with van der Waals surface area (Å²) in [4.78, 5) is 9.03. The fourth-order valence-electron chi connectivity index (χ4n) is 1.91. The van der Waals surface area contributed by atoms with Gasteiger partial charge in [0.25, 0.3) is 0 Å². The molecule has 2 rings (SSSR count). The predicted octanol–water partition coefficient (Wildman–Crippen LogP) is 2.61. The summed E-state index contributed by atoms with van der Waals surface area (Å²) in [6.07, 6.45) is 8.94. The minimum absolute atomic E-state index is 0.601. The molecule has 13 heavy (non-hydrogen) atoms. The van der Waals surface area contributed by atoms with Crippen molar-refractivity contribution in [1.29, 1.82) is 0 Å². The van der Waals surface area contributed by atoms with Gasteiger partial charge in [-0.15, -0.1) is 0 Å². The van der Waals surface area contributed by atoms with E-state index in [2.05, 4.69) is 23.0 Å². The van der Waals surface area contributed by atoms with E-state index in [1.54, 1.807) is 0 Å². The molecule has 0 radical (unpaired) electrons. The van der Waals surface area contributed by atoms with Gasteiger partial charge in [-0.3, -0.25) is 9.98 Å². The van der Waals surface area contributed by atoms with E-state index in [4.69, 9.17) is 0 Å². The maximum atomic E-state index is 4.57. The van der Waals surface area contributed by atoms with Gasteiger partial charge in [-0.2, -0.15) is 0 Å². The standard InChI is InChI=1S/C11H16N2/c1-9-5-2-3-7-12-10-6-4-8-13-11(9)10/h6-7,9H,2-5,8H2,1H3. The number of allylic oxidation sites excluding steroid dienone is 1. The van der Waals surface area contributed by atoms with Gasteiger partial charge in [-0.25, -0.2) is 0 Å². The third-order valence-electron chi connectivity index (χ3n) is 2.68. The summed E-state index contributed by atoms with van der Waals surface area (Å²) in [5.74, 6) is 0.601. The van der Waals surface area contributed by atoms with E-state index in [1.165, 1.54) is 18.6 Å². The first-order chi connectivity index (χ1) is 6.38. The van der Waals surface area contributed by atoms with Crippen LogP contribution in [0.15, 0.2) is 21.8 Å². The number of nitrogens with zero attached hydrogens (tertiary/aromatic N) is 2. The Bertz CT molecular complexity index is 274. The third kappa shape index (κ3) is 1.87. The van der Waals surface area contributed by atoms with Crippen LogP contribution < -0.4 is 0 Å². The lowest BCUT2D eigenvalue weighted by molar-refractivity contribution is 0.640. The van der Waals surface area contributed by atoms with Crippen LogP contribution in [-0.4, -0.2) is 18.5 Å². The highest BCUT2D eigenvalue weighted by Gasteiger charge is 2.17. The van der Waals surface area contributed by atoms with Crippen molar-refractivity contribution >= 4 is 11.9 Å². The molecule has 70 valence electrons. The Morgan fingerprint density at radius 1 is 1.38 bits per heavy atom. The summed E-state index contributed by atoms with van der Waals surface area (Å²) >= 11 is 0. The molecule has 0 N–H and O–H groups in total. The SMILES string of the molecule is CC1CCCC=NC2=CCCN=C21. The molecule has 1 atom stereocenters. The predicted molar refractivity (Wildman–Crippen MR) is 56.5 cm³/mol. The number of aliphatic imine (C=N–C) groups is 2. The molecular formula is C11H16N2. The molecule has 0 aromatic heterocycles. The summed E-state index contributed by atoms with van der Waals surface area (Å²) < 4.78 is 0. The lowest BCUT2D eigenvalue weighted by atomic mass is 9.94. The van der Waals surface area contributed by atoms with Crippen molar-refractivity contribution < 1.29 is 0 Å². The van der Waals surface area contributed by atoms with E-state index in [-0.39, 0.29) is 0 Å². The zero-order chi connectivity index (χ0) is 9.10. The second-order valence-corrected chi connectivity index (χ2v) is 3.79. The van der Waals surface area contributed by atoms with E-state index < -0.39 is 0 Å². The molecular weight excluding hydrogens is 160 g/mol. The normalized spacial score (nSPS) is 28.2. The van der Waals surface area contributed by atoms with Crippen LogP contribution >= 0.6 is 0 Å². The second-order valence-electron chi connectivity index (χ2n) is 3.79. The highest BCUT2D eigenvalue weighted by molar-refractivity contribution is 6.03. The van der Waals surface area contributed by atoms with Gasteiger partial charge in [-0.1, -0.05) is 13.0 Å². The summed E-state index contributed by atoms with van der Waals surface area (Å²) in [5, 5.41) is 0. The zero-order valence-corrected chi connectivity index (χ0v) is 8.16. The van der Waals surface area contributed by atoms with Crippen molar-refractivity contribution in [1.82, 2.24) is 0 Å². The van der Waals surface area contributed by atoms with Crippen molar-refractivity contribution in [2.24, 2.45) is 15.9 Å². The third-order valence-corrected chi connectivity index (χ3v) is 2.68. The first-order valence-corrected chi connectivity index (χ1v) is 5.15. The number of rotatable bonds is 0. The molecule has 2 heterocycles. The molecule has 0 bridgehead atoms. The highest BCUT2D eigenvalue weighted by Crippen LogP contribution is 2.21. The molecule has 0 fully saturated rings. The Morgan fingerprint density at radius 2 is 2.31 bits per heavy atom. The van der Waals surface area contributed by atoms with Crippen molar-refractivity contribution in [2.75, 3.05) is 6.54 Å². The van der Waals surface area contributed by atoms with Crippen LogP contribution in [-0.2, 0) is 0 Å². The minimum atomic E-state index is 0.601. The van der Waals surface area contributed by atoms with E-state index in [0.717, 1.165) is 25.1 Å². The van der Waals surface area contributed by atoms with Gasteiger partial charge >= 0.3 is 0 Å². The lowest BCUT2D eigenvalue weighted by Gasteiger charge is -2.19. The Kier molecular flexibility index (Phi) is 2.57. The Hall–Kier alpha value is -0.920. The fourth-order valence-corrected chi connectivity index (χ4v) is 1.91. The molecule has 2 nitrogen and oxygen atoms in total. The van der Waals surface area contributed by atoms with Gasteiger partial charge in [0, 0.05) is 18.7 Å². The van der Waals surface area contributed by atoms with Crippen LogP contribution in [0.3, 0.4) is 0 Å². The van der Waals surface area contributed by atoms with Gasteiger partial charge in [0.05, 0.1) is 11.4 Å². The minimum Gasteiger partial charge on any atom is -0.287 e. The van der Waals surface area contributed by atoms with Crippen LogP contribution in [0.25, 0.3) is 0 Å². The first kappa shape index (κ1) is 8.67. The van der Waals surface area contributed by atoms with Crippen LogP contribution in [0.1, 0.15) is 32.6 Å². The largest absolute Gasteiger partial charge is 0.287 e. The van der Waals surface area contributed by atoms with Crippen molar-refractivity contribution in [3.63, 3.8) is 0 Å². The second kappa shape index (κ2) is 3.86. The average Bonchev–Trinajstić information content (AvgIpc) is 2.14. The monoisotopic (exact) mass is 176 g/mol. The number of hydrogen-bond donors (Lipinski definition) is 0. The van der Waals surface area contributed by atoms with Crippen LogP contribution in [0.2, 0.25) is 0 Å². The van der Waals surface area contributed by atoms with Crippen LogP contribution in [0, 0.1) is 5.92 Å². The Labute approximate surface area is 79.5 Å². The number of dihydropyridines is 1. The molecule has 0 aromatic carbocycles. The lowest BCUT2D eigenvalue weighted by Crippen LogP contribution is -2.18. The summed E-state index contributed by atoms with van der Waals surface area (Å²) in [6.45, 7) is 3.22. The van der Waals surface area contributed by atoms with E-state index >= 15 is 0 Å². The van der Waals surface area contributed by atoms with E-state index in [9.17, 15) is 0 Å². The Balaban J connectivity index is 2.27. The van der Waals surface area contributed by atoms with E-state index in [1.807, 2.05) is 6.21 Å². The molecule has 0 aliphatic carbocycles. The molecule has 0 amide bonds. The smallest absolute Gasteiger partial charge is 0.0799 e. The molecule has 2 aliphatic heterocycles. The van der Waals surface area contributed by atoms with Crippen LogP contribution in [0.5, 0.6) is 0 Å². The average molecular weight is 176 g/mol. The van der Waals surface area contributed by atoms with Crippen molar-refractivity contribution in [3.05, 3.63) is 11.8 Å². The molecule has 0 saturated heterocycles. The van der Waals surface area contributed by atoms with Gasteiger partial charge in [0.2, 0.25) is 0 Å². The summed E-state index contributed by atoms with van der Waals surface area (Å²) in [6, 6.07) is 0. The fraction of sp³-hybridized carbons (Fsp3) is 0.636. The molecule has 0 aromatic rings. The van der Waals surface area contributed by atoms with Crippen molar-refractivity contribution in [2.45, 2.75) is 32.6 Å². The summed E-state index contributed by atoms with van der Waals surface area (Å²) in [7, 11) is 0. The topological polar surface area (TPSA) is 24.7 Å². The van der Waals surface area contributed by atoms with Gasteiger partial charge in [0.15, 0.2) is 0 Å². The van der Waals surface area contributed by atoms with Gasteiger partial charge in [0.1, 0.15) is 0 Å². The quantitative estimate of drug-likeness (QED) is 0.542. The molecule has 2 heteroatoms. The van der Waals surface area contributed by atoms with Crippen molar-refractivity contribution in [3.8, 4) is 0 Å². The number of fused-ring (bicyclic) bond motifs is 1. The molecule has 0 spiro atoms. The first-order valence-electron chi connectivity index (χ1n) is 5.15.